The van der Waals surface area contributed by atoms with Crippen molar-refractivity contribution >= 4 is 5.91 Å². The molecule has 1 amide bonds. The van der Waals surface area contributed by atoms with Gasteiger partial charge in [0.2, 0.25) is 0 Å². The quantitative estimate of drug-likeness (QED) is 0.829. The molecule has 0 saturated heterocycles. The van der Waals surface area contributed by atoms with Crippen molar-refractivity contribution in [1.82, 2.24) is 10.3 Å². The van der Waals surface area contributed by atoms with Gasteiger partial charge in [0.25, 0.3) is 5.91 Å². The van der Waals surface area contributed by atoms with Crippen molar-refractivity contribution in [1.29, 1.82) is 0 Å². The fraction of sp³-hybridized carbons (Fsp3) is 0.500. The molecule has 0 atom stereocenters. The van der Waals surface area contributed by atoms with E-state index in [1.807, 2.05) is 6.07 Å². The Morgan fingerprint density at radius 1 is 1.44 bits per heavy atom. The summed E-state index contributed by atoms with van der Waals surface area (Å²) in [6, 6.07) is 1.86. The van der Waals surface area contributed by atoms with Gasteiger partial charge in [-0.3, -0.25) is 4.79 Å². The van der Waals surface area contributed by atoms with Crippen molar-refractivity contribution in [3.63, 3.8) is 0 Å². The van der Waals surface area contributed by atoms with E-state index in [0.29, 0.717) is 11.4 Å². The highest BCUT2D eigenvalue weighted by atomic mass is 16.5. The number of amides is 1. The van der Waals surface area contributed by atoms with E-state index in [9.17, 15) is 4.79 Å². The molecule has 0 fully saturated rings. The summed E-state index contributed by atoms with van der Waals surface area (Å²) in [4.78, 5) is 15.7. The lowest BCUT2D eigenvalue weighted by molar-refractivity contribution is 0.0954. The van der Waals surface area contributed by atoms with Crippen LogP contribution in [0.1, 0.15) is 36.8 Å². The van der Waals surface area contributed by atoms with Crippen molar-refractivity contribution in [2.45, 2.75) is 26.2 Å². The maximum absolute atomic E-state index is 11.5. The molecule has 1 rings (SSSR count). The zero-order valence-corrected chi connectivity index (χ0v) is 10.4. The molecule has 0 radical (unpaired) electrons. The van der Waals surface area contributed by atoms with Crippen LogP contribution in [0.5, 0.6) is 5.75 Å². The molecule has 4 heteroatoms. The van der Waals surface area contributed by atoms with Crippen molar-refractivity contribution in [2.75, 3.05) is 14.2 Å². The first-order valence-electron chi connectivity index (χ1n) is 5.16. The first-order valence-corrected chi connectivity index (χ1v) is 5.16. The molecule has 0 unspecified atom stereocenters. The fourth-order valence-corrected chi connectivity index (χ4v) is 1.30. The minimum atomic E-state index is -0.239. The molecule has 1 aromatic rings. The van der Waals surface area contributed by atoms with Gasteiger partial charge in [-0.05, 0) is 17.0 Å². The molecule has 0 aliphatic heterocycles. The van der Waals surface area contributed by atoms with E-state index < -0.39 is 0 Å². The first-order chi connectivity index (χ1) is 7.40. The number of carbonyl (C=O) groups excluding carboxylic acids is 1. The largest absolute Gasteiger partial charge is 0.494 e. The van der Waals surface area contributed by atoms with Gasteiger partial charge in [0, 0.05) is 13.2 Å². The van der Waals surface area contributed by atoms with Gasteiger partial charge in [0.05, 0.1) is 7.11 Å². The number of pyridine rings is 1. The summed E-state index contributed by atoms with van der Waals surface area (Å²) >= 11 is 0. The summed E-state index contributed by atoms with van der Waals surface area (Å²) in [6.45, 7) is 6.26. The minimum Gasteiger partial charge on any atom is -0.494 e. The normalized spacial score (nSPS) is 11.1. The van der Waals surface area contributed by atoms with Crippen LogP contribution in [0.4, 0.5) is 0 Å². The fourth-order valence-electron chi connectivity index (χ4n) is 1.30. The SMILES string of the molecule is CNC(=O)c1ncc(C(C)(C)C)cc1OC. The lowest BCUT2D eigenvalue weighted by Crippen LogP contribution is -2.21. The van der Waals surface area contributed by atoms with Crippen LogP contribution < -0.4 is 10.1 Å². The topological polar surface area (TPSA) is 51.2 Å². The number of methoxy groups -OCH3 is 1. The van der Waals surface area contributed by atoms with Gasteiger partial charge in [-0.25, -0.2) is 4.98 Å². The van der Waals surface area contributed by atoms with Gasteiger partial charge in [0.1, 0.15) is 5.75 Å². The second-order valence-electron chi connectivity index (χ2n) is 4.60. The summed E-state index contributed by atoms with van der Waals surface area (Å²) in [6.07, 6.45) is 1.72. The zero-order valence-electron chi connectivity index (χ0n) is 10.4. The molecule has 0 spiro atoms. The number of ether oxygens (including phenoxy) is 1. The highest BCUT2D eigenvalue weighted by Crippen LogP contribution is 2.26. The second kappa shape index (κ2) is 4.51. The zero-order chi connectivity index (χ0) is 12.3. The minimum absolute atomic E-state index is 0.0124. The maximum Gasteiger partial charge on any atom is 0.273 e. The molecule has 1 N–H and O–H groups in total. The maximum atomic E-state index is 11.5. The number of rotatable bonds is 2. The Hall–Kier alpha value is -1.58. The van der Waals surface area contributed by atoms with E-state index in [4.69, 9.17) is 4.74 Å². The van der Waals surface area contributed by atoms with Crippen LogP contribution in [0.15, 0.2) is 12.3 Å². The van der Waals surface area contributed by atoms with E-state index in [1.54, 1.807) is 13.2 Å². The number of hydrogen-bond acceptors (Lipinski definition) is 3. The standard InChI is InChI=1S/C12H18N2O2/c1-12(2,3)8-6-9(16-5)10(14-7-8)11(15)13-4/h6-7H,1-5H3,(H,13,15). The molecule has 0 bridgehead atoms. The van der Waals surface area contributed by atoms with Crippen LogP contribution in [-0.4, -0.2) is 25.0 Å². The summed E-state index contributed by atoms with van der Waals surface area (Å²) in [5.41, 5.74) is 1.34. The highest BCUT2D eigenvalue weighted by Gasteiger charge is 2.19. The van der Waals surface area contributed by atoms with E-state index in [1.165, 1.54) is 7.11 Å². The Labute approximate surface area is 96.0 Å². The van der Waals surface area contributed by atoms with Crippen molar-refractivity contribution in [2.24, 2.45) is 0 Å². The van der Waals surface area contributed by atoms with Crippen LogP contribution in [0, 0.1) is 0 Å². The predicted octanol–water partition coefficient (Wildman–Crippen LogP) is 1.75. The average molecular weight is 222 g/mol. The van der Waals surface area contributed by atoms with Crippen LogP contribution in [-0.2, 0) is 5.41 Å². The molecular weight excluding hydrogens is 204 g/mol. The van der Waals surface area contributed by atoms with E-state index >= 15 is 0 Å². The van der Waals surface area contributed by atoms with Gasteiger partial charge in [-0.15, -0.1) is 0 Å². The Balaban J connectivity index is 3.22. The summed E-state index contributed by atoms with van der Waals surface area (Å²) in [5, 5.41) is 2.53. The molecule has 1 heterocycles. The van der Waals surface area contributed by atoms with Crippen molar-refractivity contribution in [3.8, 4) is 5.75 Å². The molecular formula is C12H18N2O2. The third-order valence-electron chi connectivity index (χ3n) is 2.38. The van der Waals surface area contributed by atoms with E-state index in [0.717, 1.165) is 5.56 Å². The molecule has 4 nitrogen and oxygen atoms in total. The number of nitrogens with one attached hydrogen (secondary N) is 1. The molecule has 0 aliphatic rings. The van der Waals surface area contributed by atoms with Gasteiger partial charge in [0.15, 0.2) is 5.69 Å². The third-order valence-corrected chi connectivity index (χ3v) is 2.38. The lowest BCUT2D eigenvalue weighted by Gasteiger charge is -2.19. The molecule has 88 valence electrons. The van der Waals surface area contributed by atoms with Gasteiger partial charge >= 0.3 is 0 Å². The summed E-state index contributed by atoms with van der Waals surface area (Å²) in [7, 11) is 3.11. The monoisotopic (exact) mass is 222 g/mol. The predicted molar refractivity (Wildman–Crippen MR) is 62.9 cm³/mol. The molecule has 0 aromatic carbocycles. The molecule has 0 aliphatic carbocycles. The number of nitrogens with zero attached hydrogens (tertiary/aromatic N) is 1. The molecule has 1 aromatic heterocycles. The Kier molecular flexibility index (Phi) is 3.52. The Bertz CT molecular complexity index is 394. The van der Waals surface area contributed by atoms with Gasteiger partial charge in [-0.1, -0.05) is 20.8 Å². The van der Waals surface area contributed by atoms with Gasteiger partial charge < -0.3 is 10.1 Å². The smallest absolute Gasteiger partial charge is 0.273 e. The van der Waals surface area contributed by atoms with Gasteiger partial charge in [-0.2, -0.15) is 0 Å². The van der Waals surface area contributed by atoms with Crippen LogP contribution in [0.3, 0.4) is 0 Å². The highest BCUT2D eigenvalue weighted by molar-refractivity contribution is 5.94. The molecule has 16 heavy (non-hydrogen) atoms. The first kappa shape index (κ1) is 12.5. The lowest BCUT2D eigenvalue weighted by atomic mass is 9.88. The van der Waals surface area contributed by atoms with E-state index in [2.05, 4.69) is 31.1 Å². The van der Waals surface area contributed by atoms with Crippen LogP contribution >= 0.6 is 0 Å². The number of carbonyl (C=O) groups is 1. The summed E-state index contributed by atoms with van der Waals surface area (Å²) in [5.74, 6) is 0.268. The number of hydrogen-bond donors (Lipinski definition) is 1. The Morgan fingerprint density at radius 3 is 2.50 bits per heavy atom. The Morgan fingerprint density at radius 2 is 2.06 bits per heavy atom. The van der Waals surface area contributed by atoms with Crippen LogP contribution in [0.25, 0.3) is 0 Å². The van der Waals surface area contributed by atoms with Crippen molar-refractivity contribution in [3.05, 3.63) is 23.5 Å². The molecule has 0 saturated carbocycles. The van der Waals surface area contributed by atoms with E-state index in [-0.39, 0.29) is 11.3 Å². The van der Waals surface area contributed by atoms with Crippen LogP contribution in [0.2, 0.25) is 0 Å². The third kappa shape index (κ3) is 2.51. The average Bonchev–Trinajstić information content (AvgIpc) is 2.26. The number of aromatic nitrogens is 1. The summed E-state index contributed by atoms with van der Waals surface area (Å²) < 4.78 is 5.18. The second-order valence-corrected chi connectivity index (χ2v) is 4.60. The van der Waals surface area contributed by atoms with Crippen molar-refractivity contribution < 1.29 is 9.53 Å².